The SMILES string of the molecule is C[N+]1(NC(=O)c2ccc(Cl)cc2)CCC(C2=Nc3cc(Cl)ccc3Nc3ccccc32)CC1. The molecule has 0 unspecified atom stereocenters. The summed E-state index contributed by atoms with van der Waals surface area (Å²) in [5, 5.41) is 4.81. The Hall–Kier alpha value is -2.86. The summed E-state index contributed by atoms with van der Waals surface area (Å²) >= 11 is 12.2. The number of nitrogens with zero attached hydrogens (tertiary/aromatic N) is 2. The van der Waals surface area contributed by atoms with Gasteiger partial charge >= 0.3 is 0 Å². The maximum absolute atomic E-state index is 12.8. The van der Waals surface area contributed by atoms with Gasteiger partial charge < -0.3 is 5.32 Å². The van der Waals surface area contributed by atoms with Gasteiger partial charge in [-0.3, -0.25) is 9.79 Å². The average molecular weight is 480 g/mol. The lowest BCUT2D eigenvalue weighted by atomic mass is 9.87. The van der Waals surface area contributed by atoms with Crippen LogP contribution in [-0.4, -0.2) is 36.3 Å². The Kier molecular flexibility index (Phi) is 5.87. The Bertz CT molecular complexity index is 1230. The number of benzene rings is 3. The summed E-state index contributed by atoms with van der Waals surface area (Å²) < 4.78 is 0.494. The van der Waals surface area contributed by atoms with Gasteiger partial charge in [-0.25, -0.2) is 4.59 Å². The second kappa shape index (κ2) is 8.82. The van der Waals surface area contributed by atoms with E-state index in [2.05, 4.69) is 29.9 Å². The van der Waals surface area contributed by atoms with Gasteiger partial charge in [0.1, 0.15) is 13.1 Å². The highest BCUT2D eigenvalue weighted by Gasteiger charge is 2.36. The number of halogens is 2. The highest BCUT2D eigenvalue weighted by molar-refractivity contribution is 6.31. The molecule has 1 fully saturated rings. The van der Waals surface area contributed by atoms with Crippen molar-refractivity contribution < 1.29 is 9.39 Å². The van der Waals surface area contributed by atoms with Crippen LogP contribution in [0, 0.1) is 5.92 Å². The predicted octanol–water partition coefficient (Wildman–Crippen LogP) is 6.37. The van der Waals surface area contributed by atoms with Crippen molar-refractivity contribution in [1.82, 2.24) is 5.43 Å². The average Bonchev–Trinajstić information content (AvgIpc) is 2.96. The molecule has 1 amide bonds. The number of amides is 1. The quantitative estimate of drug-likeness (QED) is 0.428. The molecule has 33 heavy (non-hydrogen) atoms. The van der Waals surface area contributed by atoms with Crippen LogP contribution in [0.4, 0.5) is 17.1 Å². The lowest BCUT2D eigenvalue weighted by Crippen LogP contribution is -2.61. The van der Waals surface area contributed by atoms with Gasteiger partial charge in [0.15, 0.2) is 0 Å². The van der Waals surface area contributed by atoms with Gasteiger partial charge in [0.05, 0.1) is 24.1 Å². The topological polar surface area (TPSA) is 53.5 Å². The molecule has 5 rings (SSSR count). The summed E-state index contributed by atoms with van der Waals surface area (Å²) in [6.45, 7) is 1.64. The van der Waals surface area contributed by atoms with E-state index in [0.29, 0.717) is 20.2 Å². The Labute approximate surface area is 203 Å². The van der Waals surface area contributed by atoms with Crippen molar-refractivity contribution in [2.75, 3.05) is 25.5 Å². The fourth-order valence-corrected chi connectivity index (χ4v) is 4.89. The molecule has 2 N–H and O–H groups in total. The summed E-state index contributed by atoms with van der Waals surface area (Å²) in [5.74, 6) is 0.203. The highest BCUT2D eigenvalue weighted by Crippen LogP contribution is 2.39. The Morgan fingerprint density at radius 1 is 0.970 bits per heavy atom. The molecule has 1 saturated heterocycles. The standard InChI is InChI=1S/C26H24Cl2N4O/c1-32(31-26(33)18-6-8-19(27)9-7-18)14-12-17(13-15-32)25-21-4-2-3-5-22(21)29-23-11-10-20(28)16-24(23)30-25/h2-11,16-17H,12-15H2,1H3,(H-,29,30,31,33)/p+1. The van der Waals surface area contributed by atoms with E-state index in [1.165, 1.54) is 0 Å². The van der Waals surface area contributed by atoms with Crippen LogP contribution in [0.2, 0.25) is 10.0 Å². The first-order valence-corrected chi connectivity index (χ1v) is 11.8. The zero-order valence-electron chi connectivity index (χ0n) is 18.3. The first-order chi connectivity index (χ1) is 15.9. The number of likely N-dealkylation sites (tertiary alicyclic amines) is 1. The number of hydrogen-bond acceptors (Lipinski definition) is 3. The van der Waals surface area contributed by atoms with Crippen LogP contribution in [0.25, 0.3) is 0 Å². The first kappa shape index (κ1) is 22.0. The fraction of sp³-hybridized carbons (Fsp3) is 0.231. The molecule has 0 bridgehead atoms. The molecule has 3 aromatic rings. The van der Waals surface area contributed by atoms with Crippen molar-refractivity contribution in [2.24, 2.45) is 10.9 Å². The lowest BCUT2D eigenvalue weighted by molar-refractivity contribution is -0.947. The number of fused-ring (bicyclic) bond motifs is 2. The van der Waals surface area contributed by atoms with Gasteiger partial charge in [0.25, 0.3) is 5.91 Å². The van der Waals surface area contributed by atoms with E-state index < -0.39 is 0 Å². The molecule has 7 heteroatoms. The van der Waals surface area contributed by atoms with Crippen molar-refractivity contribution in [3.8, 4) is 0 Å². The summed E-state index contributed by atoms with van der Waals surface area (Å²) in [6.07, 6.45) is 1.83. The first-order valence-electron chi connectivity index (χ1n) is 11.1. The van der Waals surface area contributed by atoms with Gasteiger partial charge in [-0.2, -0.15) is 5.43 Å². The Morgan fingerprint density at radius 2 is 1.67 bits per heavy atom. The maximum atomic E-state index is 12.8. The van der Waals surface area contributed by atoms with E-state index in [1.54, 1.807) is 24.3 Å². The largest absolute Gasteiger partial charge is 0.353 e. The maximum Gasteiger partial charge on any atom is 0.295 e. The molecule has 0 radical (unpaired) electrons. The van der Waals surface area contributed by atoms with E-state index in [9.17, 15) is 4.79 Å². The zero-order chi connectivity index (χ0) is 23.0. The van der Waals surface area contributed by atoms with E-state index in [1.807, 2.05) is 30.3 Å². The molecule has 0 saturated carbocycles. The molecule has 0 aromatic heterocycles. The summed E-state index contributed by atoms with van der Waals surface area (Å²) in [6, 6.07) is 21.0. The van der Waals surface area contributed by atoms with Gasteiger partial charge in [0, 0.05) is 45.6 Å². The van der Waals surface area contributed by atoms with Crippen LogP contribution in [0.1, 0.15) is 28.8 Å². The van der Waals surface area contributed by atoms with Crippen LogP contribution >= 0.6 is 23.2 Å². The van der Waals surface area contributed by atoms with Gasteiger partial charge in [0.2, 0.25) is 0 Å². The minimum Gasteiger partial charge on any atom is -0.353 e. The number of rotatable bonds is 3. The third kappa shape index (κ3) is 4.62. The Morgan fingerprint density at radius 3 is 2.42 bits per heavy atom. The molecule has 0 atom stereocenters. The molecular formula is C26H25Cl2N4O+. The van der Waals surface area contributed by atoms with Gasteiger partial charge in [-0.15, -0.1) is 0 Å². The monoisotopic (exact) mass is 479 g/mol. The van der Waals surface area contributed by atoms with Crippen molar-refractivity contribution in [2.45, 2.75) is 12.8 Å². The number of piperidine rings is 1. The fourth-order valence-electron chi connectivity index (χ4n) is 4.60. The zero-order valence-corrected chi connectivity index (χ0v) is 19.8. The second-order valence-electron chi connectivity index (χ2n) is 8.89. The van der Waals surface area contributed by atoms with Crippen LogP contribution < -0.4 is 10.7 Å². The van der Waals surface area contributed by atoms with E-state index in [-0.39, 0.29) is 11.8 Å². The van der Waals surface area contributed by atoms with Crippen LogP contribution in [0.15, 0.2) is 71.7 Å². The van der Waals surface area contributed by atoms with Crippen molar-refractivity contribution in [3.63, 3.8) is 0 Å². The van der Waals surface area contributed by atoms with Crippen LogP contribution in [0.5, 0.6) is 0 Å². The molecule has 5 nitrogen and oxygen atoms in total. The molecule has 2 heterocycles. The number of para-hydroxylation sites is 1. The van der Waals surface area contributed by atoms with Gasteiger partial charge in [-0.05, 0) is 48.5 Å². The number of anilines is 2. The minimum absolute atomic E-state index is 0.0856. The minimum atomic E-state index is -0.0856. The number of carbonyl (C=O) groups excluding carboxylic acids is 1. The number of nitrogens with one attached hydrogen (secondary N) is 2. The molecule has 0 aliphatic carbocycles. The van der Waals surface area contributed by atoms with E-state index >= 15 is 0 Å². The summed E-state index contributed by atoms with van der Waals surface area (Å²) in [4.78, 5) is 17.9. The highest BCUT2D eigenvalue weighted by atomic mass is 35.5. The van der Waals surface area contributed by atoms with Crippen molar-refractivity contribution >= 4 is 51.9 Å². The molecule has 2 aliphatic rings. The van der Waals surface area contributed by atoms with Gasteiger partial charge in [-0.1, -0.05) is 41.4 Å². The summed E-state index contributed by atoms with van der Waals surface area (Å²) in [7, 11) is 2.07. The van der Waals surface area contributed by atoms with Crippen LogP contribution in [-0.2, 0) is 0 Å². The smallest absolute Gasteiger partial charge is 0.295 e. The molecule has 2 aliphatic heterocycles. The number of hydrogen-bond donors (Lipinski definition) is 2. The lowest BCUT2D eigenvalue weighted by Gasteiger charge is -2.39. The second-order valence-corrected chi connectivity index (χ2v) is 9.77. The van der Waals surface area contributed by atoms with Crippen molar-refractivity contribution in [1.29, 1.82) is 0 Å². The number of carbonyl (C=O) groups is 1. The molecule has 3 aromatic carbocycles. The summed E-state index contributed by atoms with van der Waals surface area (Å²) in [5.41, 5.74) is 8.87. The van der Waals surface area contributed by atoms with E-state index in [4.69, 9.17) is 28.2 Å². The normalized spacial score (nSPS) is 21.7. The van der Waals surface area contributed by atoms with E-state index in [0.717, 1.165) is 54.3 Å². The molecule has 168 valence electrons. The number of quaternary nitrogens is 1. The molecule has 0 spiro atoms. The Balaban J connectivity index is 1.37. The third-order valence-electron chi connectivity index (χ3n) is 6.48. The third-order valence-corrected chi connectivity index (χ3v) is 6.97. The van der Waals surface area contributed by atoms with Crippen LogP contribution in [0.3, 0.4) is 0 Å². The van der Waals surface area contributed by atoms with Crippen molar-refractivity contribution in [3.05, 3.63) is 87.9 Å². The predicted molar refractivity (Wildman–Crippen MR) is 135 cm³/mol. The number of aliphatic imine (C=N–C) groups is 1. The molecular weight excluding hydrogens is 455 g/mol.